The van der Waals surface area contributed by atoms with E-state index in [1.165, 1.54) is 15.9 Å². The maximum atomic E-state index is 4.36. The fourth-order valence-electron chi connectivity index (χ4n) is 3.44. The second-order valence-corrected chi connectivity index (χ2v) is 9.45. The van der Waals surface area contributed by atoms with E-state index >= 15 is 0 Å². The van der Waals surface area contributed by atoms with Crippen LogP contribution < -0.4 is 15.9 Å². The van der Waals surface area contributed by atoms with Gasteiger partial charge < -0.3 is 0 Å². The van der Waals surface area contributed by atoms with Crippen LogP contribution in [0.25, 0.3) is 0 Å². The molecule has 3 aromatic carbocycles. The molecule has 4 aromatic rings. The van der Waals surface area contributed by atoms with Gasteiger partial charge in [-0.25, -0.2) is 0 Å². The van der Waals surface area contributed by atoms with Crippen molar-refractivity contribution in [3.63, 3.8) is 0 Å². The molecule has 0 saturated heterocycles. The van der Waals surface area contributed by atoms with Gasteiger partial charge in [-0.3, -0.25) is 0 Å². The molecule has 0 aliphatic heterocycles. The van der Waals surface area contributed by atoms with E-state index in [9.17, 15) is 0 Å². The predicted molar refractivity (Wildman–Crippen MR) is 104 cm³/mol. The normalized spacial score (nSPS) is 12.0. The Morgan fingerprint density at radius 3 is 1.33 bits per heavy atom. The molecule has 4 rings (SSSR count). The second kappa shape index (κ2) is 6.43. The van der Waals surface area contributed by atoms with Crippen LogP contribution in [0.5, 0.6) is 0 Å². The molecule has 0 unspecified atom stereocenters. The van der Waals surface area contributed by atoms with Gasteiger partial charge in [-0.05, 0) is 0 Å². The van der Waals surface area contributed by atoms with Crippen LogP contribution in [-0.4, -0.2) is 9.32 Å². The number of nitrogens with zero attached hydrogens (tertiary/aromatic N) is 2. The Hall–Kier alpha value is -2.70. The molecule has 0 spiro atoms. The van der Waals surface area contributed by atoms with E-state index < -0.39 is 7.41 Å². The first-order valence-corrected chi connectivity index (χ1v) is 10.0. The van der Waals surface area contributed by atoms with Gasteiger partial charge >= 0.3 is 142 Å². The number of imidazole rings is 1. The molecule has 0 saturated carbocycles. The van der Waals surface area contributed by atoms with E-state index in [1.54, 1.807) is 0 Å². The number of rotatable bonds is 4. The van der Waals surface area contributed by atoms with E-state index in [-0.39, 0.29) is 0 Å². The summed E-state index contributed by atoms with van der Waals surface area (Å²) in [5, 5.41) is 4.04. The molecule has 0 aliphatic carbocycles. The van der Waals surface area contributed by atoms with E-state index in [0.717, 1.165) is 0 Å². The molecular weight excluding hydrogens is 311 g/mol. The molecule has 0 N–H and O–H groups in total. The molecule has 0 bridgehead atoms. The van der Waals surface area contributed by atoms with E-state index in [1.807, 2.05) is 12.5 Å². The molecule has 24 heavy (non-hydrogen) atoms. The minimum absolute atomic E-state index is 1.35. The van der Waals surface area contributed by atoms with Crippen molar-refractivity contribution < 1.29 is 0 Å². The van der Waals surface area contributed by atoms with Crippen LogP contribution in [0.3, 0.4) is 0 Å². The zero-order valence-corrected chi connectivity index (χ0v) is 14.3. The summed E-state index contributed by atoms with van der Waals surface area (Å²) in [4.78, 5) is 4.36. The van der Waals surface area contributed by atoms with Crippen LogP contribution >= 0.6 is 7.41 Å². The summed E-state index contributed by atoms with van der Waals surface area (Å²) in [5.41, 5.74) is 0. The third kappa shape index (κ3) is 2.36. The van der Waals surface area contributed by atoms with Gasteiger partial charge in [0, 0.05) is 0 Å². The summed E-state index contributed by atoms with van der Waals surface area (Å²) in [5.74, 6) is 0. The van der Waals surface area contributed by atoms with Gasteiger partial charge in [0.1, 0.15) is 0 Å². The Labute approximate surface area is 142 Å². The van der Waals surface area contributed by atoms with Crippen molar-refractivity contribution >= 4 is 23.3 Å². The minimum atomic E-state index is -2.39. The van der Waals surface area contributed by atoms with Gasteiger partial charge in [0.2, 0.25) is 0 Å². The van der Waals surface area contributed by atoms with Gasteiger partial charge in [0.25, 0.3) is 0 Å². The standard InChI is InChI=1S/C21H19N2P/c1-4-10-19(11-5-1)24(23-17-16-22-18-23,20-12-6-2-7-13-20)21-14-8-3-9-15-21/h1-18,24H. The van der Waals surface area contributed by atoms with Crippen molar-refractivity contribution in [2.45, 2.75) is 0 Å². The average molecular weight is 330 g/mol. The summed E-state index contributed by atoms with van der Waals surface area (Å²) >= 11 is 0. The number of hydrogen-bond donors (Lipinski definition) is 0. The fourth-order valence-corrected chi connectivity index (χ4v) is 7.89. The Kier molecular flexibility index (Phi) is 3.98. The Balaban J connectivity index is 2.12. The number of hydrogen-bond acceptors (Lipinski definition) is 1. The third-order valence-electron chi connectivity index (χ3n) is 4.47. The van der Waals surface area contributed by atoms with Crippen molar-refractivity contribution in [3.8, 4) is 0 Å². The summed E-state index contributed by atoms with van der Waals surface area (Å²) < 4.78 is 2.33. The summed E-state index contributed by atoms with van der Waals surface area (Å²) in [6.07, 6.45) is 5.93. The van der Waals surface area contributed by atoms with Crippen molar-refractivity contribution in [1.82, 2.24) is 9.32 Å². The first kappa shape index (κ1) is 14.9. The first-order valence-electron chi connectivity index (χ1n) is 8.07. The van der Waals surface area contributed by atoms with Crippen LogP contribution in [0.15, 0.2) is 110 Å². The number of benzene rings is 3. The van der Waals surface area contributed by atoms with Crippen LogP contribution in [-0.2, 0) is 0 Å². The van der Waals surface area contributed by atoms with E-state index in [4.69, 9.17) is 0 Å². The quantitative estimate of drug-likeness (QED) is 0.525. The van der Waals surface area contributed by atoms with Crippen molar-refractivity contribution in [1.29, 1.82) is 0 Å². The molecule has 3 heteroatoms. The molecule has 0 atom stereocenters. The first-order chi connectivity index (χ1) is 11.9. The Bertz CT molecular complexity index is 792. The van der Waals surface area contributed by atoms with Gasteiger partial charge in [0.05, 0.1) is 0 Å². The molecule has 1 heterocycles. The summed E-state index contributed by atoms with van der Waals surface area (Å²) in [7, 11) is -2.39. The van der Waals surface area contributed by atoms with Crippen LogP contribution in [0, 0.1) is 0 Å². The maximum absolute atomic E-state index is 4.36. The second-order valence-electron chi connectivity index (χ2n) is 5.78. The van der Waals surface area contributed by atoms with Crippen LogP contribution in [0.2, 0.25) is 0 Å². The van der Waals surface area contributed by atoms with Gasteiger partial charge in [-0.1, -0.05) is 0 Å². The third-order valence-corrected chi connectivity index (χ3v) is 9.01. The van der Waals surface area contributed by atoms with E-state index in [2.05, 4.69) is 107 Å². The average Bonchev–Trinajstić information content (AvgIpc) is 3.20. The molecule has 0 aliphatic rings. The van der Waals surface area contributed by atoms with Crippen molar-refractivity contribution in [2.24, 2.45) is 0 Å². The molecule has 2 nitrogen and oxygen atoms in total. The Morgan fingerprint density at radius 2 is 1.00 bits per heavy atom. The summed E-state index contributed by atoms with van der Waals surface area (Å²) in [6.45, 7) is 0. The van der Waals surface area contributed by atoms with Crippen molar-refractivity contribution in [3.05, 3.63) is 110 Å². The molecule has 1 aromatic heterocycles. The molecular formula is C21H19N2P. The number of aromatic nitrogens is 2. The molecule has 0 amide bonds. The Morgan fingerprint density at radius 1 is 0.583 bits per heavy atom. The van der Waals surface area contributed by atoms with Crippen LogP contribution in [0.4, 0.5) is 0 Å². The topological polar surface area (TPSA) is 17.8 Å². The predicted octanol–water partition coefficient (Wildman–Crippen LogP) is 3.37. The zero-order valence-electron chi connectivity index (χ0n) is 13.3. The molecule has 118 valence electrons. The van der Waals surface area contributed by atoms with Crippen LogP contribution in [0.1, 0.15) is 0 Å². The fraction of sp³-hybridized carbons (Fsp3) is 0. The van der Waals surface area contributed by atoms with Gasteiger partial charge in [-0.15, -0.1) is 0 Å². The monoisotopic (exact) mass is 330 g/mol. The molecule has 0 radical (unpaired) electrons. The summed E-state index contributed by atoms with van der Waals surface area (Å²) in [6, 6.07) is 32.4. The SMILES string of the molecule is c1ccc([PH](c2ccccc2)(c2ccccc2)n2ccnc2)cc1. The van der Waals surface area contributed by atoms with Crippen molar-refractivity contribution in [2.75, 3.05) is 0 Å². The molecule has 0 fully saturated rings. The van der Waals surface area contributed by atoms with Gasteiger partial charge in [0.15, 0.2) is 0 Å². The van der Waals surface area contributed by atoms with E-state index in [0.29, 0.717) is 0 Å². The zero-order chi connectivity index (χ0) is 16.2. The van der Waals surface area contributed by atoms with Gasteiger partial charge in [-0.2, -0.15) is 0 Å².